The third-order valence-corrected chi connectivity index (χ3v) is 6.50. The molecule has 0 spiro atoms. The van der Waals surface area contributed by atoms with Crippen molar-refractivity contribution >= 4 is 22.4 Å². The van der Waals surface area contributed by atoms with Crippen molar-refractivity contribution in [3.8, 4) is 0 Å². The molecule has 1 aliphatic carbocycles. The molecule has 0 heterocycles. The summed E-state index contributed by atoms with van der Waals surface area (Å²) in [6, 6.07) is 6.21. The average Bonchev–Trinajstić information content (AvgIpc) is 2.67. The molecule has 1 aromatic carbocycles. The standard InChI is InChI=1S/C19H26O8S/c1-12-4-6-14(7-5-12)28(23,24)27-11-13-10-16(21)18(25-2)17(19(22)26-3)15(13)8-9-20/h4-7,9,13,15-18,21H,8,10-11H2,1-3H3/t13-,15+,16-,17+,18+/m1/s1. The molecule has 0 saturated heterocycles. The Morgan fingerprint density at radius 2 is 1.89 bits per heavy atom. The van der Waals surface area contributed by atoms with E-state index in [0.29, 0.717) is 6.29 Å². The van der Waals surface area contributed by atoms with Gasteiger partial charge in [-0.2, -0.15) is 8.42 Å². The van der Waals surface area contributed by atoms with Crippen molar-refractivity contribution in [2.45, 2.75) is 36.9 Å². The van der Waals surface area contributed by atoms with Crippen LogP contribution in [0.5, 0.6) is 0 Å². The van der Waals surface area contributed by atoms with Crippen molar-refractivity contribution in [1.29, 1.82) is 0 Å². The van der Waals surface area contributed by atoms with Crippen LogP contribution in [0.3, 0.4) is 0 Å². The largest absolute Gasteiger partial charge is 0.469 e. The van der Waals surface area contributed by atoms with Gasteiger partial charge in [0.25, 0.3) is 10.1 Å². The van der Waals surface area contributed by atoms with Crippen molar-refractivity contribution in [2.24, 2.45) is 17.8 Å². The molecule has 0 radical (unpaired) electrons. The van der Waals surface area contributed by atoms with Gasteiger partial charge in [0.2, 0.25) is 0 Å². The zero-order valence-corrected chi connectivity index (χ0v) is 16.9. The summed E-state index contributed by atoms with van der Waals surface area (Å²) >= 11 is 0. The first-order valence-corrected chi connectivity index (χ1v) is 10.3. The maximum atomic E-state index is 12.5. The van der Waals surface area contributed by atoms with E-state index in [4.69, 9.17) is 13.7 Å². The van der Waals surface area contributed by atoms with Gasteiger partial charge in [-0.25, -0.2) is 0 Å². The highest BCUT2D eigenvalue weighted by Gasteiger charge is 2.48. The number of benzene rings is 1. The van der Waals surface area contributed by atoms with Gasteiger partial charge in [-0.3, -0.25) is 8.98 Å². The number of aliphatic hydroxyl groups is 1. The van der Waals surface area contributed by atoms with Crippen LogP contribution in [0.15, 0.2) is 29.2 Å². The fraction of sp³-hybridized carbons (Fsp3) is 0.579. The van der Waals surface area contributed by atoms with Crippen LogP contribution in [0.4, 0.5) is 0 Å². The molecular weight excluding hydrogens is 388 g/mol. The smallest absolute Gasteiger partial charge is 0.311 e. The molecule has 1 aliphatic rings. The van der Waals surface area contributed by atoms with E-state index in [2.05, 4.69) is 0 Å². The Hall–Kier alpha value is -1.81. The second-order valence-electron chi connectivity index (χ2n) is 6.93. The maximum absolute atomic E-state index is 12.5. The molecule has 8 nitrogen and oxygen atoms in total. The molecule has 1 saturated carbocycles. The van der Waals surface area contributed by atoms with Gasteiger partial charge < -0.3 is 19.4 Å². The average molecular weight is 414 g/mol. The van der Waals surface area contributed by atoms with Crippen molar-refractivity contribution in [2.75, 3.05) is 20.8 Å². The molecule has 0 aromatic heterocycles. The summed E-state index contributed by atoms with van der Waals surface area (Å²) in [4.78, 5) is 23.5. The van der Waals surface area contributed by atoms with Gasteiger partial charge in [0.1, 0.15) is 6.29 Å². The fourth-order valence-electron chi connectivity index (χ4n) is 3.74. The zero-order valence-electron chi connectivity index (χ0n) is 16.1. The van der Waals surface area contributed by atoms with Crippen molar-refractivity contribution < 1.29 is 36.8 Å². The molecule has 2 rings (SSSR count). The van der Waals surface area contributed by atoms with E-state index >= 15 is 0 Å². The summed E-state index contributed by atoms with van der Waals surface area (Å²) in [5.74, 6) is -2.65. The number of ether oxygens (including phenoxy) is 2. The van der Waals surface area contributed by atoms with Gasteiger partial charge in [0, 0.05) is 13.5 Å². The lowest BCUT2D eigenvalue weighted by Gasteiger charge is -2.42. The van der Waals surface area contributed by atoms with E-state index < -0.39 is 46.0 Å². The Bertz CT molecular complexity index is 774. The fourth-order valence-corrected chi connectivity index (χ4v) is 4.70. The van der Waals surface area contributed by atoms with Crippen molar-refractivity contribution in [1.82, 2.24) is 0 Å². The number of aryl methyl sites for hydroxylation is 1. The highest BCUT2D eigenvalue weighted by Crippen LogP contribution is 2.39. The first-order chi connectivity index (χ1) is 13.2. The van der Waals surface area contributed by atoms with E-state index in [1.54, 1.807) is 12.1 Å². The summed E-state index contributed by atoms with van der Waals surface area (Å²) < 4.78 is 40.2. The van der Waals surface area contributed by atoms with Crippen LogP contribution < -0.4 is 0 Å². The predicted octanol–water partition coefficient (Wildman–Crippen LogP) is 1.09. The predicted molar refractivity (Wildman–Crippen MR) is 98.9 cm³/mol. The minimum absolute atomic E-state index is 0.00898. The molecule has 28 heavy (non-hydrogen) atoms. The number of aliphatic hydroxyl groups excluding tert-OH is 1. The molecular formula is C19H26O8S. The third kappa shape index (κ3) is 4.96. The lowest BCUT2D eigenvalue weighted by Crippen LogP contribution is -2.52. The molecule has 1 fully saturated rings. The third-order valence-electron chi connectivity index (χ3n) is 5.21. The van der Waals surface area contributed by atoms with Crippen molar-refractivity contribution in [3.63, 3.8) is 0 Å². The molecule has 9 heteroatoms. The number of carbonyl (C=O) groups is 2. The summed E-state index contributed by atoms with van der Waals surface area (Å²) in [5, 5.41) is 10.4. The Labute approximate surface area is 164 Å². The number of hydrogen-bond acceptors (Lipinski definition) is 8. The number of methoxy groups -OCH3 is 2. The zero-order chi connectivity index (χ0) is 20.9. The normalized spacial score (nSPS) is 27.9. The first kappa shape index (κ1) is 22.5. The van der Waals surface area contributed by atoms with Gasteiger partial charge in [0.05, 0.1) is 36.7 Å². The molecule has 156 valence electrons. The van der Waals surface area contributed by atoms with E-state index in [-0.39, 0.29) is 24.3 Å². The molecule has 5 atom stereocenters. The minimum Gasteiger partial charge on any atom is -0.469 e. The Morgan fingerprint density at radius 1 is 1.25 bits per heavy atom. The topological polar surface area (TPSA) is 116 Å². The summed E-state index contributed by atoms with van der Waals surface area (Å²) in [5.41, 5.74) is 0.909. The molecule has 0 bridgehead atoms. The molecule has 0 unspecified atom stereocenters. The number of carbonyl (C=O) groups excluding carboxylic acids is 2. The van der Waals surface area contributed by atoms with Crippen LogP contribution in [0.25, 0.3) is 0 Å². The second kappa shape index (κ2) is 9.60. The first-order valence-electron chi connectivity index (χ1n) is 8.93. The van der Waals surface area contributed by atoms with Crippen LogP contribution >= 0.6 is 0 Å². The van der Waals surface area contributed by atoms with E-state index in [0.717, 1.165) is 5.56 Å². The number of rotatable bonds is 8. The second-order valence-corrected chi connectivity index (χ2v) is 8.55. The molecule has 1 aromatic rings. The van der Waals surface area contributed by atoms with Gasteiger partial charge in [-0.1, -0.05) is 17.7 Å². The lowest BCUT2D eigenvalue weighted by molar-refractivity contribution is -0.170. The quantitative estimate of drug-likeness (QED) is 0.382. The number of esters is 1. The highest BCUT2D eigenvalue weighted by molar-refractivity contribution is 7.86. The van der Waals surface area contributed by atoms with Crippen LogP contribution in [0.2, 0.25) is 0 Å². The Kier molecular flexibility index (Phi) is 7.70. The summed E-state index contributed by atoms with van der Waals surface area (Å²) in [7, 11) is -1.44. The highest BCUT2D eigenvalue weighted by atomic mass is 32.2. The monoisotopic (exact) mass is 414 g/mol. The summed E-state index contributed by atoms with van der Waals surface area (Å²) in [6.45, 7) is 1.57. The Balaban J connectivity index is 2.23. The van der Waals surface area contributed by atoms with E-state index in [1.165, 1.54) is 26.4 Å². The van der Waals surface area contributed by atoms with Crippen LogP contribution in [0, 0.1) is 24.7 Å². The van der Waals surface area contributed by atoms with Gasteiger partial charge in [-0.15, -0.1) is 0 Å². The molecule has 0 aliphatic heterocycles. The maximum Gasteiger partial charge on any atom is 0.311 e. The molecule has 0 amide bonds. The lowest BCUT2D eigenvalue weighted by atomic mass is 9.68. The SMILES string of the molecule is COC(=O)[C@H]1[C@@H](CC=O)[C@@H](COS(=O)(=O)c2ccc(C)cc2)C[C@@H](O)[C@@H]1OC. The molecule has 1 N–H and O–H groups in total. The van der Waals surface area contributed by atoms with Crippen molar-refractivity contribution in [3.05, 3.63) is 29.8 Å². The van der Waals surface area contributed by atoms with Crippen LogP contribution in [-0.4, -0.2) is 58.8 Å². The minimum atomic E-state index is -4.01. The number of aldehydes is 1. The van der Waals surface area contributed by atoms with E-state index in [9.17, 15) is 23.1 Å². The van der Waals surface area contributed by atoms with Crippen LogP contribution in [0.1, 0.15) is 18.4 Å². The summed E-state index contributed by atoms with van der Waals surface area (Å²) in [6.07, 6.45) is -1.08. The van der Waals surface area contributed by atoms with E-state index in [1.807, 2.05) is 6.92 Å². The van der Waals surface area contributed by atoms with Gasteiger partial charge in [-0.05, 0) is 37.3 Å². The Morgan fingerprint density at radius 3 is 2.43 bits per heavy atom. The van der Waals surface area contributed by atoms with Gasteiger partial charge in [0.15, 0.2) is 0 Å². The number of hydrogen-bond donors (Lipinski definition) is 1. The van der Waals surface area contributed by atoms with Crippen LogP contribution in [-0.2, 0) is 33.4 Å². The van der Waals surface area contributed by atoms with Gasteiger partial charge >= 0.3 is 5.97 Å².